The topological polar surface area (TPSA) is 59.0 Å². The summed E-state index contributed by atoms with van der Waals surface area (Å²) in [6.45, 7) is 3.95. The molecule has 1 fully saturated rings. The quantitative estimate of drug-likeness (QED) is 0.836. The first kappa shape index (κ1) is 13.1. The molecule has 0 saturated heterocycles. The van der Waals surface area contributed by atoms with E-state index in [2.05, 4.69) is 33.2 Å². The Labute approximate surface area is 118 Å². The minimum atomic E-state index is 0.0756. The van der Waals surface area contributed by atoms with Gasteiger partial charge in [-0.25, -0.2) is 4.98 Å². The Bertz CT molecular complexity index is 615. The Morgan fingerprint density at radius 2 is 2.20 bits per heavy atom. The van der Waals surface area contributed by atoms with E-state index in [1.807, 2.05) is 18.2 Å². The van der Waals surface area contributed by atoms with Gasteiger partial charge in [-0.2, -0.15) is 0 Å². The maximum Gasteiger partial charge on any atom is 0.234 e. The number of aromatic nitrogens is 2. The highest BCUT2D eigenvalue weighted by molar-refractivity contribution is 5.78. The lowest BCUT2D eigenvalue weighted by Gasteiger charge is -2.07. The van der Waals surface area contributed by atoms with Crippen LogP contribution in [0.25, 0.3) is 11.0 Å². The van der Waals surface area contributed by atoms with Gasteiger partial charge in [-0.3, -0.25) is 4.79 Å². The number of amides is 1. The molecule has 106 valence electrons. The van der Waals surface area contributed by atoms with E-state index in [1.165, 1.54) is 0 Å². The first-order valence-electron chi connectivity index (χ1n) is 7.22. The lowest BCUT2D eigenvalue weighted by Crippen LogP contribution is -2.35. The summed E-state index contributed by atoms with van der Waals surface area (Å²) in [6, 6.07) is 8.54. The van der Waals surface area contributed by atoms with Crippen molar-refractivity contribution in [2.45, 2.75) is 38.9 Å². The Balaban J connectivity index is 1.62. The number of nitrogens with one attached hydrogen (secondary N) is 2. The number of aryl methyl sites for hydroxylation is 1. The standard InChI is InChI=1S/C15H20N4O/c1-2-19-13-6-4-3-5-12(13)18-14(19)9-16-10-15(20)17-11-7-8-11/h3-6,11,16H,2,7-10H2,1H3,(H,17,20). The van der Waals surface area contributed by atoms with Gasteiger partial charge in [-0.1, -0.05) is 12.1 Å². The van der Waals surface area contributed by atoms with E-state index in [0.29, 0.717) is 19.1 Å². The smallest absolute Gasteiger partial charge is 0.234 e. The molecule has 0 bridgehead atoms. The second-order valence-electron chi connectivity index (χ2n) is 5.21. The summed E-state index contributed by atoms with van der Waals surface area (Å²) in [5, 5.41) is 6.14. The van der Waals surface area contributed by atoms with Crippen LogP contribution in [0.1, 0.15) is 25.6 Å². The summed E-state index contributed by atoms with van der Waals surface area (Å²) in [7, 11) is 0. The molecule has 1 aliphatic carbocycles. The molecule has 1 saturated carbocycles. The number of fused-ring (bicyclic) bond motifs is 1. The molecule has 5 nitrogen and oxygen atoms in total. The molecule has 1 aromatic heterocycles. The fraction of sp³-hybridized carbons (Fsp3) is 0.467. The molecule has 5 heteroatoms. The van der Waals surface area contributed by atoms with Crippen LogP contribution in [-0.2, 0) is 17.9 Å². The van der Waals surface area contributed by atoms with Crippen LogP contribution >= 0.6 is 0 Å². The summed E-state index contributed by atoms with van der Waals surface area (Å²) >= 11 is 0. The summed E-state index contributed by atoms with van der Waals surface area (Å²) in [4.78, 5) is 16.2. The number of rotatable bonds is 6. The molecule has 0 radical (unpaired) electrons. The molecular weight excluding hydrogens is 252 g/mol. The first-order valence-corrected chi connectivity index (χ1v) is 7.22. The molecule has 0 atom stereocenters. The predicted octanol–water partition coefficient (Wildman–Crippen LogP) is 1.42. The predicted molar refractivity (Wildman–Crippen MR) is 78.3 cm³/mol. The molecule has 2 aromatic rings. The average Bonchev–Trinajstić information content (AvgIpc) is 3.18. The largest absolute Gasteiger partial charge is 0.352 e. The second kappa shape index (κ2) is 5.63. The van der Waals surface area contributed by atoms with E-state index in [-0.39, 0.29) is 5.91 Å². The third kappa shape index (κ3) is 2.82. The highest BCUT2D eigenvalue weighted by Crippen LogP contribution is 2.18. The number of hydrogen-bond donors (Lipinski definition) is 2. The van der Waals surface area contributed by atoms with Crippen molar-refractivity contribution in [1.82, 2.24) is 20.2 Å². The van der Waals surface area contributed by atoms with Crippen LogP contribution < -0.4 is 10.6 Å². The Morgan fingerprint density at radius 1 is 1.40 bits per heavy atom. The van der Waals surface area contributed by atoms with Crippen molar-refractivity contribution >= 4 is 16.9 Å². The Morgan fingerprint density at radius 3 is 2.95 bits per heavy atom. The van der Waals surface area contributed by atoms with Crippen molar-refractivity contribution in [2.75, 3.05) is 6.54 Å². The van der Waals surface area contributed by atoms with Gasteiger partial charge in [-0.05, 0) is 31.9 Å². The monoisotopic (exact) mass is 272 g/mol. The molecule has 20 heavy (non-hydrogen) atoms. The Hall–Kier alpha value is -1.88. The molecule has 1 aromatic carbocycles. The van der Waals surface area contributed by atoms with Crippen LogP contribution in [0.4, 0.5) is 0 Å². The number of imidazole rings is 1. The normalized spacial score (nSPS) is 14.7. The zero-order chi connectivity index (χ0) is 13.9. The minimum Gasteiger partial charge on any atom is -0.352 e. The van der Waals surface area contributed by atoms with Crippen molar-refractivity contribution in [3.05, 3.63) is 30.1 Å². The highest BCUT2D eigenvalue weighted by Gasteiger charge is 2.22. The Kier molecular flexibility index (Phi) is 3.69. The van der Waals surface area contributed by atoms with E-state index >= 15 is 0 Å². The van der Waals surface area contributed by atoms with Gasteiger partial charge < -0.3 is 15.2 Å². The second-order valence-corrected chi connectivity index (χ2v) is 5.21. The lowest BCUT2D eigenvalue weighted by molar-refractivity contribution is -0.120. The highest BCUT2D eigenvalue weighted by atomic mass is 16.2. The minimum absolute atomic E-state index is 0.0756. The summed E-state index contributed by atoms with van der Waals surface area (Å²) in [6.07, 6.45) is 2.24. The van der Waals surface area contributed by atoms with Gasteiger partial charge in [0.15, 0.2) is 0 Å². The van der Waals surface area contributed by atoms with E-state index in [0.717, 1.165) is 36.2 Å². The van der Waals surface area contributed by atoms with Crippen LogP contribution in [0, 0.1) is 0 Å². The van der Waals surface area contributed by atoms with Gasteiger partial charge in [0.1, 0.15) is 5.82 Å². The zero-order valence-electron chi connectivity index (χ0n) is 11.7. The average molecular weight is 272 g/mol. The molecule has 1 heterocycles. The van der Waals surface area contributed by atoms with E-state index in [4.69, 9.17) is 0 Å². The molecule has 1 amide bonds. The van der Waals surface area contributed by atoms with Gasteiger partial charge in [-0.15, -0.1) is 0 Å². The molecule has 1 aliphatic rings. The molecule has 3 rings (SSSR count). The third-order valence-electron chi connectivity index (χ3n) is 3.56. The number of carbonyl (C=O) groups is 1. The van der Waals surface area contributed by atoms with Gasteiger partial charge in [0.2, 0.25) is 5.91 Å². The summed E-state index contributed by atoms with van der Waals surface area (Å²) < 4.78 is 2.18. The van der Waals surface area contributed by atoms with Crippen molar-refractivity contribution in [3.8, 4) is 0 Å². The lowest BCUT2D eigenvalue weighted by atomic mass is 10.3. The van der Waals surface area contributed by atoms with Crippen LogP contribution in [0.3, 0.4) is 0 Å². The van der Waals surface area contributed by atoms with Crippen LogP contribution in [0.15, 0.2) is 24.3 Å². The zero-order valence-corrected chi connectivity index (χ0v) is 11.7. The van der Waals surface area contributed by atoms with E-state index in [1.54, 1.807) is 0 Å². The van der Waals surface area contributed by atoms with E-state index < -0.39 is 0 Å². The molecule has 0 unspecified atom stereocenters. The van der Waals surface area contributed by atoms with Crippen molar-refractivity contribution in [1.29, 1.82) is 0 Å². The number of benzene rings is 1. The number of nitrogens with zero attached hydrogens (tertiary/aromatic N) is 2. The SMILES string of the molecule is CCn1c(CNCC(=O)NC2CC2)nc2ccccc21. The van der Waals surface area contributed by atoms with Gasteiger partial charge in [0.05, 0.1) is 24.1 Å². The third-order valence-corrected chi connectivity index (χ3v) is 3.56. The van der Waals surface area contributed by atoms with Crippen LogP contribution in [0.2, 0.25) is 0 Å². The number of hydrogen-bond acceptors (Lipinski definition) is 3. The first-order chi connectivity index (χ1) is 9.78. The maximum atomic E-state index is 11.6. The number of carbonyl (C=O) groups excluding carboxylic acids is 1. The van der Waals surface area contributed by atoms with Crippen molar-refractivity contribution in [3.63, 3.8) is 0 Å². The van der Waals surface area contributed by atoms with Gasteiger partial charge in [0, 0.05) is 12.6 Å². The van der Waals surface area contributed by atoms with Gasteiger partial charge in [0.25, 0.3) is 0 Å². The molecule has 2 N–H and O–H groups in total. The van der Waals surface area contributed by atoms with Crippen molar-refractivity contribution < 1.29 is 4.79 Å². The fourth-order valence-corrected chi connectivity index (χ4v) is 2.41. The number of para-hydroxylation sites is 2. The maximum absolute atomic E-state index is 11.6. The molecule has 0 spiro atoms. The molecule has 0 aliphatic heterocycles. The summed E-state index contributed by atoms with van der Waals surface area (Å²) in [5.74, 6) is 1.06. The van der Waals surface area contributed by atoms with Gasteiger partial charge >= 0.3 is 0 Å². The fourth-order valence-electron chi connectivity index (χ4n) is 2.41. The van der Waals surface area contributed by atoms with Crippen LogP contribution in [-0.4, -0.2) is 28.0 Å². The summed E-state index contributed by atoms with van der Waals surface area (Å²) in [5.41, 5.74) is 2.16. The van der Waals surface area contributed by atoms with Crippen LogP contribution in [0.5, 0.6) is 0 Å². The van der Waals surface area contributed by atoms with E-state index in [9.17, 15) is 4.79 Å². The molecular formula is C15H20N4O. The van der Waals surface area contributed by atoms with Crippen molar-refractivity contribution in [2.24, 2.45) is 0 Å².